The van der Waals surface area contributed by atoms with E-state index in [9.17, 15) is 0 Å². The van der Waals surface area contributed by atoms with Crippen LogP contribution in [0.4, 0.5) is 0 Å². The molecule has 2 aromatic rings. The van der Waals surface area contributed by atoms with Crippen molar-refractivity contribution in [3.63, 3.8) is 0 Å². The van der Waals surface area contributed by atoms with Crippen LogP contribution in [0, 0.1) is 0 Å². The molecule has 0 saturated heterocycles. The number of nitrogens with zero attached hydrogens (tertiary/aromatic N) is 4. The molecule has 0 aliphatic heterocycles. The van der Waals surface area contributed by atoms with Crippen LogP contribution in [0.3, 0.4) is 0 Å². The van der Waals surface area contributed by atoms with Gasteiger partial charge in [0.25, 0.3) is 0 Å². The van der Waals surface area contributed by atoms with Crippen molar-refractivity contribution in [3.05, 3.63) is 23.1 Å². The molecule has 0 saturated carbocycles. The van der Waals surface area contributed by atoms with Gasteiger partial charge in [-0.05, 0) is 20.4 Å². The van der Waals surface area contributed by atoms with Crippen LogP contribution in [-0.2, 0) is 6.54 Å². The minimum absolute atomic E-state index is 0.485. The second-order valence-electron chi connectivity index (χ2n) is 3.76. The number of halogens is 1. The predicted molar refractivity (Wildman–Crippen MR) is 67.2 cm³/mol. The number of imidazole rings is 1. The fourth-order valence-corrected chi connectivity index (χ4v) is 2.29. The monoisotopic (exact) mass is 256 g/mol. The third kappa shape index (κ3) is 2.31. The summed E-state index contributed by atoms with van der Waals surface area (Å²) in [4.78, 5) is 10.8. The fraction of sp³-hybridized carbons (Fsp3) is 0.400. The van der Waals surface area contributed by atoms with Crippen LogP contribution in [0.1, 0.15) is 5.69 Å². The van der Waals surface area contributed by atoms with Crippen LogP contribution >= 0.6 is 23.4 Å². The van der Waals surface area contributed by atoms with E-state index in [2.05, 4.69) is 14.9 Å². The minimum Gasteiger partial charge on any atom is -0.304 e. The van der Waals surface area contributed by atoms with E-state index in [-0.39, 0.29) is 0 Å². The van der Waals surface area contributed by atoms with Gasteiger partial charge in [0.15, 0.2) is 5.16 Å². The van der Waals surface area contributed by atoms with Crippen LogP contribution in [0.25, 0.3) is 5.65 Å². The summed E-state index contributed by atoms with van der Waals surface area (Å²) >= 11 is 7.49. The van der Waals surface area contributed by atoms with Gasteiger partial charge in [0.1, 0.15) is 10.8 Å². The lowest BCUT2D eigenvalue weighted by atomic mass is 10.4. The zero-order valence-corrected chi connectivity index (χ0v) is 11.0. The molecular formula is C10H13ClN4S. The summed E-state index contributed by atoms with van der Waals surface area (Å²) in [5, 5.41) is 1.35. The maximum Gasteiger partial charge on any atom is 0.174 e. The molecule has 0 amide bonds. The van der Waals surface area contributed by atoms with E-state index in [1.54, 1.807) is 17.8 Å². The Morgan fingerprint density at radius 2 is 2.19 bits per heavy atom. The number of thioether (sulfide) groups is 1. The minimum atomic E-state index is 0.485. The van der Waals surface area contributed by atoms with E-state index in [1.807, 2.05) is 30.9 Å². The van der Waals surface area contributed by atoms with Gasteiger partial charge in [0.05, 0.1) is 5.69 Å². The first-order chi connectivity index (χ1) is 7.60. The van der Waals surface area contributed by atoms with Crippen LogP contribution < -0.4 is 0 Å². The summed E-state index contributed by atoms with van der Waals surface area (Å²) in [6.07, 6.45) is 3.98. The Kier molecular flexibility index (Phi) is 3.37. The molecule has 0 bridgehead atoms. The largest absolute Gasteiger partial charge is 0.304 e. The standard InChI is InChI=1S/C10H13ClN4S/c1-14(2)5-7-6-15-9(12-7)4-8(11)13-10(15)16-3/h4,6H,5H2,1-3H3. The Labute approximate surface area is 104 Å². The zero-order valence-electron chi connectivity index (χ0n) is 9.44. The Balaban J connectivity index is 2.51. The van der Waals surface area contributed by atoms with E-state index >= 15 is 0 Å². The summed E-state index contributed by atoms with van der Waals surface area (Å²) in [6.45, 7) is 0.813. The van der Waals surface area contributed by atoms with Crippen molar-refractivity contribution in [2.75, 3.05) is 20.4 Å². The SMILES string of the molecule is CSc1nc(Cl)cc2nc(CN(C)C)cn12. The van der Waals surface area contributed by atoms with E-state index in [0.717, 1.165) is 23.0 Å². The first-order valence-corrected chi connectivity index (χ1v) is 6.43. The highest BCUT2D eigenvalue weighted by molar-refractivity contribution is 7.98. The van der Waals surface area contributed by atoms with E-state index in [1.165, 1.54) is 0 Å². The number of aromatic nitrogens is 3. The van der Waals surface area contributed by atoms with E-state index in [4.69, 9.17) is 11.6 Å². The molecule has 0 aliphatic carbocycles. The lowest BCUT2D eigenvalue weighted by molar-refractivity contribution is 0.398. The molecule has 2 heterocycles. The number of hydrogen-bond acceptors (Lipinski definition) is 4. The molecule has 86 valence electrons. The van der Waals surface area contributed by atoms with Gasteiger partial charge in [0, 0.05) is 18.8 Å². The Morgan fingerprint density at radius 3 is 2.81 bits per heavy atom. The van der Waals surface area contributed by atoms with E-state index in [0.29, 0.717) is 5.15 Å². The van der Waals surface area contributed by atoms with Crippen molar-refractivity contribution in [3.8, 4) is 0 Å². The maximum atomic E-state index is 5.93. The molecule has 0 unspecified atom stereocenters. The molecule has 0 aromatic carbocycles. The normalized spacial score (nSPS) is 11.6. The number of rotatable bonds is 3. The summed E-state index contributed by atoms with van der Waals surface area (Å²) in [5.74, 6) is 0. The van der Waals surface area contributed by atoms with Crippen LogP contribution in [0.5, 0.6) is 0 Å². The lowest BCUT2D eigenvalue weighted by Crippen LogP contribution is -2.10. The van der Waals surface area contributed by atoms with Gasteiger partial charge in [-0.1, -0.05) is 23.4 Å². The molecule has 0 fully saturated rings. The summed E-state index contributed by atoms with van der Waals surface area (Å²) in [5.41, 5.74) is 1.87. The van der Waals surface area contributed by atoms with Gasteiger partial charge in [-0.15, -0.1) is 0 Å². The van der Waals surface area contributed by atoms with Crippen molar-refractivity contribution in [2.45, 2.75) is 11.7 Å². The number of hydrogen-bond donors (Lipinski definition) is 0. The molecule has 2 rings (SSSR count). The highest BCUT2D eigenvalue weighted by Gasteiger charge is 2.08. The molecule has 0 radical (unpaired) electrons. The molecule has 0 N–H and O–H groups in total. The van der Waals surface area contributed by atoms with Crippen molar-refractivity contribution >= 4 is 29.0 Å². The highest BCUT2D eigenvalue weighted by Crippen LogP contribution is 2.19. The highest BCUT2D eigenvalue weighted by atomic mass is 35.5. The Morgan fingerprint density at radius 1 is 1.44 bits per heavy atom. The number of fused-ring (bicyclic) bond motifs is 1. The second-order valence-corrected chi connectivity index (χ2v) is 4.92. The quantitative estimate of drug-likeness (QED) is 0.479. The molecular weight excluding hydrogens is 244 g/mol. The molecule has 0 aliphatic rings. The van der Waals surface area contributed by atoms with Gasteiger partial charge in [0.2, 0.25) is 0 Å². The lowest BCUT2D eigenvalue weighted by Gasteiger charge is -2.04. The van der Waals surface area contributed by atoms with Gasteiger partial charge in [-0.2, -0.15) is 0 Å². The third-order valence-corrected chi connectivity index (χ3v) is 2.95. The molecule has 4 nitrogen and oxygen atoms in total. The zero-order chi connectivity index (χ0) is 11.7. The van der Waals surface area contributed by atoms with Gasteiger partial charge in [-0.25, -0.2) is 9.97 Å². The Hall–Kier alpha value is -0.780. The second kappa shape index (κ2) is 4.61. The van der Waals surface area contributed by atoms with Gasteiger partial charge < -0.3 is 4.90 Å². The van der Waals surface area contributed by atoms with Gasteiger partial charge >= 0.3 is 0 Å². The molecule has 0 spiro atoms. The van der Waals surface area contributed by atoms with Crippen molar-refractivity contribution < 1.29 is 0 Å². The average Bonchev–Trinajstić information content (AvgIpc) is 2.57. The van der Waals surface area contributed by atoms with Crippen LogP contribution in [-0.4, -0.2) is 39.6 Å². The first kappa shape index (κ1) is 11.7. The smallest absolute Gasteiger partial charge is 0.174 e. The summed E-state index contributed by atoms with van der Waals surface area (Å²) in [7, 11) is 4.04. The maximum absolute atomic E-state index is 5.93. The summed E-state index contributed by atoms with van der Waals surface area (Å²) in [6, 6.07) is 1.78. The van der Waals surface area contributed by atoms with E-state index < -0.39 is 0 Å². The molecule has 2 aromatic heterocycles. The first-order valence-electron chi connectivity index (χ1n) is 4.83. The van der Waals surface area contributed by atoms with Crippen LogP contribution in [0.15, 0.2) is 17.4 Å². The molecule has 0 atom stereocenters. The van der Waals surface area contributed by atoms with Gasteiger partial charge in [-0.3, -0.25) is 4.40 Å². The Bertz CT molecular complexity index is 509. The van der Waals surface area contributed by atoms with Crippen molar-refractivity contribution in [2.24, 2.45) is 0 Å². The summed E-state index contributed by atoms with van der Waals surface area (Å²) < 4.78 is 1.97. The fourth-order valence-electron chi connectivity index (χ4n) is 1.53. The molecule has 6 heteroatoms. The van der Waals surface area contributed by atoms with Crippen molar-refractivity contribution in [1.82, 2.24) is 19.3 Å². The van der Waals surface area contributed by atoms with Crippen LogP contribution in [0.2, 0.25) is 5.15 Å². The topological polar surface area (TPSA) is 33.4 Å². The van der Waals surface area contributed by atoms with Crippen molar-refractivity contribution in [1.29, 1.82) is 0 Å². The average molecular weight is 257 g/mol. The third-order valence-electron chi connectivity index (χ3n) is 2.10. The predicted octanol–water partition coefficient (Wildman–Crippen LogP) is 2.17. The molecule has 16 heavy (non-hydrogen) atoms.